The number of amides is 1. The zero-order valence-electron chi connectivity index (χ0n) is 13.8. The second kappa shape index (κ2) is 10.9. The standard InChI is InChI=1S/C16H33N2O2/c1-5-7-8-9-10-11-16(20)17(6-2)12-13-18(3,4)14-15-19/h7-8,19H,5-6,9-15H2,1-4H3/q+1/b8-7+. The first-order valence-electron chi connectivity index (χ1n) is 7.82. The van der Waals surface area contributed by atoms with Gasteiger partial charge in [0.05, 0.1) is 33.8 Å². The fourth-order valence-electron chi connectivity index (χ4n) is 2.05. The largest absolute Gasteiger partial charge is 0.391 e. The number of allylic oxidation sites excluding steroid dienone is 2. The molecule has 0 aliphatic rings. The van der Waals surface area contributed by atoms with Crippen molar-refractivity contribution in [1.29, 1.82) is 0 Å². The van der Waals surface area contributed by atoms with Crippen molar-refractivity contribution in [3.8, 4) is 0 Å². The summed E-state index contributed by atoms with van der Waals surface area (Å²) < 4.78 is 0.750. The van der Waals surface area contributed by atoms with E-state index in [1.54, 1.807) is 0 Å². The van der Waals surface area contributed by atoms with Crippen molar-refractivity contribution < 1.29 is 14.4 Å². The van der Waals surface area contributed by atoms with Gasteiger partial charge >= 0.3 is 0 Å². The third-order valence-corrected chi connectivity index (χ3v) is 3.58. The minimum atomic E-state index is 0.191. The molecule has 4 nitrogen and oxygen atoms in total. The molecule has 0 aromatic rings. The quantitative estimate of drug-likeness (QED) is 0.358. The van der Waals surface area contributed by atoms with E-state index >= 15 is 0 Å². The molecule has 0 aliphatic carbocycles. The average molecular weight is 285 g/mol. The number of carbonyl (C=O) groups excluding carboxylic acids is 1. The Morgan fingerprint density at radius 2 is 1.90 bits per heavy atom. The summed E-state index contributed by atoms with van der Waals surface area (Å²) in [6, 6.07) is 0. The lowest BCUT2D eigenvalue weighted by molar-refractivity contribution is -0.890. The van der Waals surface area contributed by atoms with Crippen LogP contribution in [0.2, 0.25) is 0 Å². The van der Waals surface area contributed by atoms with Crippen LogP contribution in [0.4, 0.5) is 0 Å². The number of unbranched alkanes of at least 4 members (excludes halogenated alkanes) is 1. The molecule has 0 aromatic carbocycles. The van der Waals surface area contributed by atoms with E-state index in [1.165, 1.54) is 0 Å². The van der Waals surface area contributed by atoms with Crippen LogP contribution >= 0.6 is 0 Å². The van der Waals surface area contributed by atoms with E-state index in [9.17, 15) is 4.79 Å². The first-order chi connectivity index (χ1) is 9.46. The summed E-state index contributed by atoms with van der Waals surface area (Å²) in [7, 11) is 4.17. The number of aliphatic hydroxyl groups is 1. The van der Waals surface area contributed by atoms with E-state index in [0.29, 0.717) is 6.42 Å². The zero-order valence-corrected chi connectivity index (χ0v) is 13.8. The predicted octanol–water partition coefficient (Wildman–Crippen LogP) is 2.04. The zero-order chi connectivity index (χ0) is 15.4. The molecule has 0 saturated heterocycles. The molecular weight excluding hydrogens is 252 g/mol. The number of hydrogen-bond acceptors (Lipinski definition) is 2. The number of nitrogens with zero attached hydrogens (tertiary/aromatic N) is 2. The van der Waals surface area contributed by atoms with Crippen molar-refractivity contribution in [3.63, 3.8) is 0 Å². The molecule has 0 saturated carbocycles. The number of carbonyl (C=O) groups is 1. The molecule has 1 N–H and O–H groups in total. The van der Waals surface area contributed by atoms with Gasteiger partial charge in [-0.1, -0.05) is 19.1 Å². The molecule has 1 amide bonds. The summed E-state index contributed by atoms with van der Waals surface area (Å²) in [5.41, 5.74) is 0. The Kier molecular flexibility index (Phi) is 10.4. The number of hydrogen-bond donors (Lipinski definition) is 1. The van der Waals surface area contributed by atoms with Crippen LogP contribution in [0.5, 0.6) is 0 Å². The normalized spacial score (nSPS) is 12.1. The van der Waals surface area contributed by atoms with Crippen molar-refractivity contribution in [2.75, 3.05) is 46.9 Å². The Morgan fingerprint density at radius 3 is 2.45 bits per heavy atom. The third kappa shape index (κ3) is 9.10. The van der Waals surface area contributed by atoms with Gasteiger partial charge < -0.3 is 14.5 Å². The van der Waals surface area contributed by atoms with Crippen LogP contribution in [0.3, 0.4) is 0 Å². The Labute approximate surface area is 124 Å². The molecule has 0 fully saturated rings. The van der Waals surface area contributed by atoms with E-state index in [1.807, 2.05) is 11.8 Å². The monoisotopic (exact) mass is 285 g/mol. The summed E-state index contributed by atoms with van der Waals surface area (Å²) in [6.07, 6.45) is 7.92. The van der Waals surface area contributed by atoms with E-state index in [-0.39, 0.29) is 12.5 Å². The van der Waals surface area contributed by atoms with Crippen LogP contribution in [0.25, 0.3) is 0 Å². The highest BCUT2D eigenvalue weighted by Gasteiger charge is 2.18. The molecule has 0 atom stereocenters. The van der Waals surface area contributed by atoms with Crippen molar-refractivity contribution in [3.05, 3.63) is 12.2 Å². The van der Waals surface area contributed by atoms with Crippen LogP contribution in [-0.2, 0) is 4.79 Å². The SMILES string of the molecule is CC/C=C/CCCC(=O)N(CC)CC[N+](C)(C)CCO. The van der Waals surface area contributed by atoms with Gasteiger partial charge in [0, 0.05) is 13.0 Å². The van der Waals surface area contributed by atoms with Crippen molar-refractivity contribution >= 4 is 5.91 Å². The highest BCUT2D eigenvalue weighted by atomic mass is 16.3. The highest BCUT2D eigenvalue weighted by Crippen LogP contribution is 2.04. The predicted molar refractivity (Wildman–Crippen MR) is 84.5 cm³/mol. The first-order valence-corrected chi connectivity index (χ1v) is 7.82. The van der Waals surface area contributed by atoms with Crippen LogP contribution in [0.15, 0.2) is 12.2 Å². The smallest absolute Gasteiger partial charge is 0.222 e. The van der Waals surface area contributed by atoms with Gasteiger partial charge in [-0.3, -0.25) is 4.79 Å². The van der Waals surface area contributed by atoms with Gasteiger partial charge in [0.15, 0.2) is 0 Å². The molecule has 4 heteroatoms. The molecule has 20 heavy (non-hydrogen) atoms. The Balaban J connectivity index is 4.05. The fourth-order valence-corrected chi connectivity index (χ4v) is 2.05. The third-order valence-electron chi connectivity index (χ3n) is 3.58. The lowest BCUT2D eigenvalue weighted by atomic mass is 10.2. The van der Waals surface area contributed by atoms with E-state index in [4.69, 9.17) is 5.11 Å². The summed E-state index contributed by atoms with van der Waals surface area (Å²) >= 11 is 0. The minimum absolute atomic E-state index is 0.191. The second-order valence-electron chi connectivity index (χ2n) is 5.85. The maximum Gasteiger partial charge on any atom is 0.222 e. The highest BCUT2D eigenvalue weighted by molar-refractivity contribution is 5.76. The number of likely N-dealkylation sites (N-methyl/N-ethyl adjacent to an activating group) is 2. The Bertz CT molecular complexity index is 288. The number of aliphatic hydroxyl groups excluding tert-OH is 1. The molecule has 0 rings (SSSR count). The fraction of sp³-hybridized carbons (Fsp3) is 0.812. The van der Waals surface area contributed by atoms with Gasteiger partial charge in [-0.15, -0.1) is 0 Å². The molecule has 0 heterocycles. The molecule has 0 radical (unpaired) electrons. The molecule has 0 unspecified atom stereocenters. The Hall–Kier alpha value is -0.870. The molecule has 0 spiro atoms. The number of rotatable bonds is 11. The van der Waals surface area contributed by atoms with E-state index < -0.39 is 0 Å². The van der Waals surface area contributed by atoms with Crippen LogP contribution in [0, 0.1) is 0 Å². The summed E-state index contributed by atoms with van der Waals surface area (Å²) in [4.78, 5) is 14.1. The van der Waals surface area contributed by atoms with Crippen LogP contribution < -0.4 is 0 Å². The molecule has 0 aromatic heterocycles. The Morgan fingerprint density at radius 1 is 1.20 bits per heavy atom. The average Bonchev–Trinajstić information content (AvgIpc) is 2.39. The van der Waals surface area contributed by atoms with Gasteiger partial charge in [0.25, 0.3) is 0 Å². The second-order valence-corrected chi connectivity index (χ2v) is 5.85. The summed E-state index contributed by atoms with van der Waals surface area (Å²) in [5.74, 6) is 0.251. The van der Waals surface area contributed by atoms with Crippen molar-refractivity contribution in [1.82, 2.24) is 4.90 Å². The molecule has 0 bridgehead atoms. The van der Waals surface area contributed by atoms with Gasteiger partial charge in [-0.25, -0.2) is 0 Å². The lowest BCUT2D eigenvalue weighted by Gasteiger charge is -2.32. The molecule has 118 valence electrons. The van der Waals surface area contributed by atoms with Crippen molar-refractivity contribution in [2.45, 2.75) is 39.5 Å². The van der Waals surface area contributed by atoms with Gasteiger partial charge in [0.1, 0.15) is 6.54 Å². The number of quaternary nitrogens is 1. The topological polar surface area (TPSA) is 40.5 Å². The maximum absolute atomic E-state index is 12.1. The van der Waals surface area contributed by atoms with Crippen LogP contribution in [0.1, 0.15) is 39.5 Å². The lowest BCUT2D eigenvalue weighted by Crippen LogP contribution is -2.48. The van der Waals surface area contributed by atoms with Gasteiger partial charge in [-0.05, 0) is 26.2 Å². The molecular formula is C16H33N2O2+. The summed E-state index contributed by atoms with van der Waals surface area (Å²) in [6.45, 7) is 7.49. The summed E-state index contributed by atoms with van der Waals surface area (Å²) in [5, 5.41) is 9.02. The first kappa shape index (κ1) is 19.1. The van der Waals surface area contributed by atoms with Gasteiger partial charge in [0.2, 0.25) is 5.91 Å². The minimum Gasteiger partial charge on any atom is -0.391 e. The van der Waals surface area contributed by atoms with E-state index in [2.05, 4.69) is 33.2 Å². The van der Waals surface area contributed by atoms with Gasteiger partial charge in [-0.2, -0.15) is 0 Å². The van der Waals surface area contributed by atoms with E-state index in [0.717, 1.165) is 49.9 Å². The maximum atomic E-state index is 12.1. The van der Waals surface area contributed by atoms with Crippen molar-refractivity contribution in [2.24, 2.45) is 0 Å². The molecule has 0 aliphatic heterocycles. The van der Waals surface area contributed by atoms with Crippen LogP contribution in [-0.4, -0.2) is 67.3 Å².